The molecule has 0 bridgehead atoms. The van der Waals surface area contributed by atoms with E-state index in [0.717, 1.165) is 0 Å². The number of para-hydroxylation sites is 2. The summed E-state index contributed by atoms with van der Waals surface area (Å²) in [6.45, 7) is 0. The van der Waals surface area contributed by atoms with Crippen LogP contribution in [0.3, 0.4) is 0 Å². The molecule has 0 heterocycles. The van der Waals surface area contributed by atoms with Crippen LogP contribution < -0.4 is 10.1 Å². The van der Waals surface area contributed by atoms with Gasteiger partial charge in [-0.1, -0.05) is 23.7 Å². The summed E-state index contributed by atoms with van der Waals surface area (Å²) >= 11 is 9.23. The maximum atomic E-state index is 12.2. The Bertz CT molecular complexity index is 616. The summed E-state index contributed by atoms with van der Waals surface area (Å²) in [6.07, 6.45) is 0. The molecule has 0 fully saturated rings. The van der Waals surface area contributed by atoms with E-state index in [0.29, 0.717) is 26.5 Å². The first-order valence-corrected chi connectivity index (χ1v) is 6.68. The van der Waals surface area contributed by atoms with Crippen LogP contribution in [0.4, 0.5) is 5.69 Å². The highest BCUT2D eigenvalue weighted by atomic mass is 79.9. The minimum atomic E-state index is -0.251. The molecule has 2 aromatic rings. The number of methoxy groups -OCH3 is 1. The molecule has 0 unspecified atom stereocenters. The Labute approximate surface area is 124 Å². The number of carbonyl (C=O) groups excluding carboxylic acids is 1. The molecule has 0 atom stereocenters. The molecule has 5 heteroatoms. The predicted molar refractivity (Wildman–Crippen MR) is 80.1 cm³/mol. The summed E-state index contributed by atoms with van der Waals surface area (Å²) in [7, 11) is 1.56. The number of amides is 1. The highest BCUT2D eigenvalue weighted by Gasteiger charge is 2.12. The van der Waals surface area contributed by atoms with E-state index >= 15 is 0 Å². The Balaban J connectivity index is 2.28. The zero-order valence-electron chi connectivity index (χ0n) is 10.1. The smallest absolute Gasteiger partial charge is 0.256 e. The Morgan fingerprint density at radius 3 is 2.74 bits per heavy atom. The lowest BCUT2D eigenvalue weighted by molar-refractivity contribution is 0.102. The Morgan fingerprint density at radius 1 is 1.26 bits per heavy atom. The standard InChI is InChI=1S/C14H11BrClNO2/c1-19-13-5-3-2-4-12(13)17-14(18)10-8-9(16)6-7-11(10)15/h2-8H,1H3,(H,17,18). The molecule has 3 nitrogen and oxygen atoms in total. The molecule has 1 amide bonds. The monoisotopic (exact) mass is 339 g/mol. The minimum Gasteiger partial charge on any atom is -0.495 e. The lowest BCUT2D eigenvalue weighted by Crippen LogP contribution is -2.13. The third kappa shape index (κ3) is 3.28. The molecule has 0 saturated heterocycles. The van der Waals surface area contributed by atoms with Crippen molar-refractivity contribution in [2.24, 2.45) is 0 Å². The molecule has 19 heavy (non-hydrogen) atoms. The average molecular weight is 341 g/mol. The summed E-state index contributed by atoms with van der Waals surface area (Å²) in [4.78, 5) is 12.2. The van der Waals surface area contributed by atoms with Crippen LogP contribution in [0.2, 0.25) is 5.02 Å². The quantitative estimate of drug-likeness (QED) is 0.901. The fourth-order valence-electron chi connectivity index (χ4n) is 1.61. The van der Waals surface area contributed by atoms with Gasteiger partial charge in [0, 0.05) is 9.50 Å². The molecule has 0 radical (unpaired) electrons. The fraction of sp³-hybridized carbons (Fsp3) is 0.0714. The number of carbonyl (C=O) groups is 1. The van der Waals surface area contributed by atoms with Gasteiger partial charge in [-0.2, -0.15) is 0 Å². The molecule has 98 valence electrons. The van der Waals surface area contributed by atoms with Crippen LogP contribution in [0.25, 0.3) is 0 Å². The predicted octanol–water partition coefficient (Wildman–Crippen LogP) is 4.36. The Kier molecular flexibility index (Phi) is 4.45. The van der Waals surface area contributed by atoms with E-state index in [1.165, 1.54) is 0 Å². The summed E-state index contributed by atoms with van der Waals surface area (Å²) in [6, 6.07) is 12.3. The summed E-state index contributed by atoms with van der Waals surface area (Å²) in [5.74, 6) is 0.355. The van der Waals surface area contributed by atoms with Crippen molar-refractivity contribution in [3.63, 3.8) is 0 Å². The van der Waals surface area contributed by atoms with Crippen molar-refractivity contribution < 1.29 is 9.53 Å². The van der Waals surface area contributed by atoms with Gasteiger partial charge < -0.3 is 10.1 Å². The molecular formula is C14H11BrClNO2. The molecule has 0 aromatic heterocycles. The van der Waals surface area contributed by atoms with E-state index in [1.807, 2.05) is 12.1 Å². The molecule has 2 rings (SSSR count). The molecule has 0 aliphatic carbocycles. The Morgan fingerprint density at radius 2 is 2.00 bits per heavy atom. The van der Waals surface area contributed by atoms with Gasteiger partial charge in [0.1, 0.15) is 5.75 Å². The number of anilines is 1. The lowest BCUT2D eigenvalue weighted by atomic mass is 10.2. The zero-order chi connectivity index (χ0) is 13.8. The van der Waals surface area contributed by atoms with Crippen molar-refractivity contribution in [1.29, 1.82) is 0 Å². The van der Waals surface area contributed by atoms with Gasteiger partial charge in [0.25, 0.3) is 5.91 Å². The van der Waals surface area contributed by atoms with Gasteiger partial charge in [-0.05, 0) is 46.3 Å². The number of benzene rings is 2. The van der Waals surface area contributed by atoms with Crippen molar-refractivity contribution in [3.05, 3.63) is 57.5 Å². The van der Waals surface area contributed by atoms with Crippen LogP contribution in [0.1, 0.15) is 10.4 Å². The molecular weight excluding hydrogens is 330 g/mol. The minimum absolute atomic E-state index is 0.251. The van der Waals surface area contributed by atoms with Crippen LogP contribution in [0.15, 0.2) is 46.9 Å². The third-order valence-corrected chi connectivity index (χ3v) is 3.45. The van der Waals surface area contributed by atoms with Gasteiger partial charge in [0.2, 0.25) is 0 Å². The topological polar surface area (TPSA) is 38.3 Å². The maximum absolute atomic E-state index is 12.2. The van der Waals surface area contributed by atoms with Crippen LogP contribution in [0.5, 0.6) is 5.75 Å². The number of nitrogens with one attached hydrogen (secondary N) is 1. The first-order chi connectivity index (χ1) is 9.11. The van der Waals surface area contributed by atoms with Crippen molar-refractivity contribution in [2.75, 3.05) is 12.4 Å². The van der Waals surface area contributed by atoms with Crippen molar-refractivity contribution in [1.82, 2.24) is 0 Å². The van der Waals surface area contributed by atoms with Gasteiger partial charge in [0.15, 0.2) is 0 Å². The van der Waals surface area contributed by atoms with Gasteiger partial charge >= 0.3 is 0 Å². The van der Waals surface area contributed by atoms with Gasteiger partial charge in [-0.15, -0.1) is 0 Å². The van der Waals surface area contributed by atoms with Crippen LogP contribution in [0, 0.1) is 0 Å². The zero-order valence-corrected chi connectivity index (χ0v) is 12.5. The van der Waals surface area contributed by atoms with Crippen LogP contribution in [-0.4, -0.2) is 13.0 Å². The highest BCUT2D eigenvalue weighted by Crippen LogP contribution is 2.26. The second-order valence-corrected chi connectivity index (χ2v) is 5.07. The third-order valence-electron chi connectivity index (χ3n) is 2.53. The van der Waals surface area contributed by atoms with E-state index in [9.17, 15) is 4.79 Å². The van der Waals surface area contributed by atoms with Crippen LogP contribution in [-0.2, 0) is 0 Å². The highest BCUT2D eigenvalue weighted by molar-refractivity contribution is 9.10. The largest absolute Gasteiger partial charge is 0.495 e. The molecule has 2 aromatic carbocycles. The first kappa shape index (κ1) is 13.9. The van der Waals surface area contributed by atoms with Crippen molar-refractivity contribution >= 4 is 39.1 Å². The van der Waals surface area contributed by atoms with Crippen LogP contribution >= 0.6 is 27.5 Å². The average Bonchev–Trinajstić information content (AvgIpc) is 2.42. The van der Waals surface area contributed by atoms with Gasteiger partial charge in [-0.25, -0.2) is 0 Å². The number of halogens is 2. The molecule has 0 aliphatic heterocycles. The van der Waals surface area contributed by atoms with Crippen molar-refractivity contribution in [2.45, 2.75) is 0 Å². The molecule has 1 N–H and O–H groups in total. The number of rotatable bonds is 3. The number of ether oxygens (including phenoxy) is 1. The normalized spacial score (nSPS) is 10.1. The fourth-order valence-corrected chi connectivity index (χ4v) is 2.21. The number of hydrogen-bond donors (Lipinski definition) is 1. The SMILES string of the molecule is COc1ccccc1NC(=O)c1cc(Cl)ccc1Br. The van der Waals surface area contributed by atoms with E-state index < -0.39 is 0 Å². The van der Waals surface area contributed by atoms with E-state index in [-0.39, 0.29) is 5.91 Å². The lowest BCUT2D eigenvalue weighted by Gasteiger charge is -2.10. The molecule has 0 spiro atoms. The summed E-state index contributed by atoms with van der Waals surface area (Å²) in [5.41, 5.74) is 1.08. The van der Waals surface area contributed by atoms with E-state index in [4.69, 9.17) is 16.3 Å². The molecule has 0 saturated carbocycles. The van der Waals surface area contributed by atoms with E-state index in [2.05, 4.69) is 21.2 Å². The Hall–Kier alpha value is -1.52. The first-order valence-electron chi connectivity index (χ1n) is 5.51. The van der Waals surface area contributed by atoms with Gasteiger partial charge in [-0.3, -0.25) is 4.79 Å². The number of hydrogen-bond acceptors (Lipinski definition) is 2. The second kappa shape index (κ2) is 6.08. The molecule has 0 aliphatic rings. The van der Waals surface area contributed by atoms with Crippen molar-refractivity contribution in [3.8, 4) is 5.75 Å². The summed E-state index contributed by atoms with van der Waals surface area (Å²) < 4.78 is 5.87. The van der Waals surface area contributed by atoms with E-state index in [1.54, 1.807) is 37.4 Å². The maximum Gasteiger partial charge on any atom is 0.256 e. The second-order valence-electron chi connectivity index (χ2n) is 3.78. The van der Waals surface area contributed by atoms with Gasteiger partial charge in [0.05, 0.1) is 18.4 Å². The summed E-state index contributed by atoms with van der Waals surface area (Å²) in [5, 5.41) is 3.30.